The highest BCUT2D eigenvalue weighted by Crippen LogP contribution is 2.26. The Morgan fingerprint density at radius 3 is 2.81 bits per heavy atom. The Bertz CT molecular complexity index is 1060. The van der Waals surface area contributed by atoms with Gasteiger partial charge in [0, 0.05) is 17.4 Å². The third kappa shape index (κ3) is 3.00. The molecule has 0 fully saturated rings. The van der Waals surface area contributed by atoms with E-state index < -0.39 is 0 Å². The average Bonchev–Trinajstić information content (AvgIpc) is 3.12. The number of carbonyl (C=O) groups is 1. The standard InChI is InChI=1S/C20H15N3O3/c1-25-16-9-3-2-8-15(16)19(24)22-14-7-4-6-13(12-14)20-23-18-17(26-20)10-5-11-21-18/h2-12H,1H3,(H,22,24). The summed E-state index contributed by atoms with van der Waals surface area (Å²) in [6.45, 7) is 0. The van der Waals surface area contributed by atoms with Crippen molar-refractivity contribution in [3.63, 3.8) is 0 Å². The number of oxazole rings is 1. The number of benzene rings is 2. The van der Waals surface area contributed by atoms with Crippen molar-refractivity contribution in [1.29, 1.82) is 0 Å². The number of methoxy groups -OCH3 is 1. The van der Waals surface area contributed by atoms with Gasteiger partial charge in [0.1, 0.15) is 5.75 Å². The molecule has 0 saturated heterocycles. The third-order valence-electron chi connectivity index (χ3n) is 3.88. The van der Waals surface area contributed by atoms with E-state index >= 15 is 0 Å². The lowest BCUT2D eigenvalue weighted by Gasteiger charge is -2.09. The molecule has 0 aliphatic rings. The Labute approximate surface area is 149 Å². The van der Waals surface area contributed by atoms with E-state index in [2.05, 4.69) is 15.3 Å². The van der Waals surface area contributed by atoms with Crippen LogP contribution in [-0.2, 0) is 0 Å². The number of anilines is 1. The Morgan fingerprint density at radius 1 is 1.08 bits per heavy atom. The monoisotopic (exact) mass is 345 g/mol. The number of nitrogens with zero attached hydrogens (tertiary/aromatic N) is 2. The van der Waals surface area contributed by atoms with Crippen LogP contribution in [0.15, 0.2) is 71.3 Å². The second kappa shape index (κ2) is 6.68. The molecule has 4 rings (SSSR count). The molecule has 4 aromatic rings. The van der Waals surface area contributed by atoms with Gasteiger partial charge < -0.3 is 14.5 Å². The van der Waals surface area contributed by atoms with Gasteiger partial charge in [-0.15, -0.1) is 0 Å². The summed E-state index contributed by atoms with van der Waals surface area (Å²) in [6, 6.07) is 18.0. The van der Waals surface area contributed by atoms with Crippen LogP contribution < -0.4 is 10.1 Å². The van der Waals surface area contributed by atoms with Crippen LogP contribution in [-0.4, -0.2) is 23.0 Å². The van der Waals surface area contributed by atoms with Crippen LogP contribution in [0, 0.1) is 0 Å². The molecule has 26 heavy (non-hydrogen) atoms. The number of hydrogen-bond acceptors (Lipinski definition) is 5. The summed E-state index contributed by atoms with van der Waals surface area (Å²) in [7, 11) is 1.54. The fourth-order valence-corrected chi connectivity index (χ4v) is 2.65. The second-order valence-electron chi connectivity index (χ2n) is 5.58. The fourth-order valence-electron chi connectivity index (χ4n) is 2.65. The molecule has 0 aliphatic carbocycles. The molecule has 0 unspecified atom stereocenters. The first-order valence-corrected chi connectivity index (χ1v) is 8.01. The van der Waals surface area contributed by atoms with E-state index in [4.69, 9.17) is 9.15 Å². The predicted molar refractivity (Wildman–Crippen MR) is 98.2 cm³/mol. The molecule has 1 amide bonds. The summed E-state index contributed by atoms with van der Waals surface area (Å²) in [4.78, 5) is 21.1. The van der Waals surface area contributed by atoms with Gasteiger partial charge in [0.25, 0.3) is 5.91 Å². The molecule has 2 aromatic heterocycles. The van der Waals surface area contributed by atoms with Crippen LogP contribution in [0.4, 0.5) is 5.69 Å². The topological polar surface area (TPSA) is 77.2 Å². The molecule has 6 nitrogen and oxygen atoms in total. The zero-order chi connectivity index (χ0) is 17.9. The normalized spacial score (nSPS) is 10.7. The average molecular weight is 345 g/mol. The van der Waals surface area contributed by atoms with E-state index in [1.54, 1.807) is 42.6 Å². The lowest BCUT2D eigenvalue weighted by molar-refractivity contribution is 0.102. The summed E-state index contributed by atoms with van der Waals surface area (Å²) >= 11 is 0. The van der Waals surface area contributed by atoms with Crippen molar-refractivity contribution >= 4 is 22.8 Å². The number of carbonyl (C=O) groups excluding carboxylic acids is 1. The number of fused-ring (bicyclic) bond motifs is 1. The SMILES string of the molecule is COc1ccccc1C(=O)Nc1cccc(-c2nc3ncccc3o2)c1. The number of pyridine rings is 1. The smallest absolute Gasteiger partial charge is 0.259 e. The summed E-state index contributed by atoms with van der Waals surface area (Å²) < 4.78 is 11.0. The first kappa shape index (κ1) is 15.8. The van der Waals surface area contributed by atoms with Crippen LogP contribution in [0.25, 0.3) is 22.7 Å². The Hall–Kier alpha value is -3.67. The highest BCUT2D eigenvalue weighted by Gasteiger charge is 2.13. The largest absolute Gasteiger partial charge is 0.496 e. The summed E-state index contributed by atoms with van der Waals surface area (Å²) in [6.07, 6.45) is 1.67. The minimum absolute atomic E-state index is 0.251. The first-order chi connectivity index (χ1) is 12.7. The van der Waals surface area contributed by atoms with Crippen molar-refractivity contribution < 1.29 is 13.9 Å². The van der Waals surface area contributed by atoms with Crippen LogP contribution in [0.3, 0.4) is 0 Å². The minimum Gasteiger partial charge on any atom is -0.496 e. The van der Waals surface area contributed by atoms with Gasteiger partial charge in [0.2, 0.25) is 5.89 Å². The number of hydrogen-bond donors (Lipinski definition) is 1. The molecule has 0 bridgehead atoms. The molecule has 6 heteroatoms. The number of rotatable bonds is 4. The molecular formula is C20H15N3O3. The van der Waals surface area contributed by atoms with Crippen LogP contribution in [0.1, 0.15) is 10.4 Å². The predicted octanol–water partition coefficient (Wildman–Crippen LogP) is 4.15. The van der Waals surface area contributed by atoms with Gasteiger partial charge in [0.15, 0.2) is 11.2 Å². The van der Waals surface area contributed by atoms with E-state index in [0.717, 1.165) is 5.56 Å². The molecule has 1 N–H and O–H groups in total. The molecule has 2 aromatic carbocycles. The Balaban J connectivity index is 1.62. The summed E-state index contributed by atoms with van der Waals surface area (Å²) in [5.41, 5.74) is 3.01. The lowest BCUT2D eigenvalue weighted by atomic mass is 10.1. The number of ether oxygens (including phenoxy) is 1. The van der Waals surface area contributed by atoms with Crippen LogP contribution >= 0.6 is 0 Å². The molecule has 0 aliphatic heterocycles. The van der Waals surface area contributed by atoms with E-state index in [1.807, 2.05) is 24.3 Å². The van der Waals surface area contributed by atoms with E-state index in [9.17, 15) is 4.79 Å². The zero-order valence-electron chi connectivity index (χ0n) is 14.0. The maximum atomic E-state index is 12.5. The van der Waals surface area contributed by atoms with Gasteiger partial charge >= 0.3 is 0 Å². The van der Waals surface area contributed by atoms with Gasteiger partial charge in [-0.1, -0.05) is 18.2 Å². The number of para-hydroxylation sites is 1. The second-order valence-corrected chi connectivity index (χ2v) is 5.58. The first-order valence-electron chi connectivity index (χ1n) is 8.01. The van der Waals surface area contributed by atoms with Gasteiger partial charge in [-0.2, -0.15) is 4.98 Å². The van der Waals surface area contributed by atoms with E-state index in [0.29, 0.717) is 34.1 Å². The summed E-state index contributed by atoms with van der Waals surface area (Å²) in [5, 5.41) is 2.87. The van der Waals surface area contributed by atoms with Crippen molar-refractivity contribution in [1.82, 2.24) is 9.97 Å². The van der Waals surface area contributed by atoms with Gasteiger partial charge in [-0.25, -0.2) is 4.98 Å². The lowest BCUT2D eigenvalue weighted by Crippen LogP contribution is -2.13. The van der Waals surface area contributed by atoms with Crippen LogP contribution in [0.2, 0.25) is 0 Å². The van der Waals surface area contributed by atoms with E-state index in [-0.39, 0.29) is 5.91 Å². The summed E-state index contributed by atoms with van der Waals surface area (Å²) in [5.74, 6) is 0.720. The molecule has 128 valence electrons. The van der Waals surface area contributed by atoms with Crippen LogP contribution in [0.5, 0.6) is 5.75 Å². The zero-order valence-corrected chi connectivity index (χ0v) is 14.0. The highest BCUT2D eigenvalue weighted by atomic mass is 16.5. The third-order valence-corrected chi connectivity index (χ3v) is 3.88. The van der Waals surface area contributed by atoms with Crippen molar-refractivity contribution in [2.45, 2.75) is 0 Å². The quantitative estimate of drug-likeness (QED) is 0.601. The minimum atomic E-state index is -0.251. The van der Waals surface area contributed by atoms with Gasteiger partial charge in [-0.3, -0.25) is 4.79 Å². The Morgan fingerprint density at radius 2 is 1.96 bits per heavy atom. The van der Waals surface area contributed by atoms with Crippen molar-refractivity contribution in [3.8, 4) is 17.2 Å². The number of amides is 1. The highest BCUT2D eigenvalue weighted by molar-refractivity contribution is 6.06. The van der Waals surface area contributed by atoms with Crippen molar-refractivity contribution in [2.75, 3.05) is 12.4 Å². The fraction of sp³-hybridized carbons (Fsp3) is 0.0500. The molecule has 0 atom stereocenters. The van der Waals surface area contributed by atoms with Crippen molar-refractivity contribution in [2.24, 2.45) is 0 Å². The van der Waals surface area contributed by atoms with Crippen molar-refractivity contribution in [3.05, 3.63) is 72.4 Å². The molecule has 2 heterocycles. The van der Waals surface area contributed by atoms with Gasteiger partial charge in [-0.05, 0) is 42.5 Å². The number of nitrogens with one attached hydrogen (secondary N) is 1. The number of aromatic nitrogens is 2. The maximum absolute atomic E-state index is 12.5. The molecule has 0 saturated carbocycles. The maximum Gasteiger partial charge on any atom is 0.259 e. The van der Waals surface area contributed by atoms with E-state index in [1.165, 1.54) is 7.11 Å². The molecular weight excluding hydrogens is 330 g/mol. The molecule has 0 radical (unpaired) electrons. The van der Waals surface area contributed by atoms with Gasteiger partial charge in [0.05, 0.1) is 12.7 Å². The Kier molecular flexibility index (Phi) is 4.07. The molecule has 0 spiro atoms.